The molecule has 9 rings (SSSR count). The number of fused-ring (bicyclic) bond motifs is 1. The molecule has 3 aromatic rings. The number of anilines is 2. The largest absolute Gasteiger partial charge is 0.490 e. The zero-order valence-electron chi connectivity index (χ0n) is 33.7. The molecule has 17 heteroatoms. The number of hydrogen-bond acceptors (Lipinski definition) is 12. The molecule has 1 unspecified atom stereocenters. The average molecular weight is 852 g/mol. The zero-order valence-corrected chi connectivity index (χ0v) is 34.5. The van der Waals surface area contributed by atoms with Crippen LogP contribution in [0.15, 0.2) is 42.5 Å². The smallest absolute Gasteiger partial charge is 0.272 e. The number of piperidine rings is 3. The Morgan fingerprint density at radius 3 is 2.28 bits per heavy atom. The normalized spacial score (nSPS) is 24.3. The van der Waals surface area contributed by atoms with E-state index in [1.165, 1.54) is 6.07 Å². The molecule has 0 bridgehead atoms. The molecule has 6 heterocycles. The van der Waals surface area contributed by atoms with Gasteiger partial charge in [0.05, 0.1) is 33.5 Å². The molecule has 1 saturated carbocycles. The fourth-order valence-corrected chi connectivity index (χ4v) is 10.2. The highest BCUT2D eigenvalue weighted by Gasteiger charge is 2.48. The molecule has 5 fully saturated rings. The lowest BCUT2D eigenvalue weighted by molar-refractivity contribution is -0.136. The highest BCUT2D eigenvalue weighted by molar-refractivity contribution is 6.31. The molecule has 5 amide bonds. The van der Waals surface area contributed by atoms with E-state index in [-0.39, 0.29) is 47.4 Å². The number of halogens is 2. The van der Waals surface area contributed by atoms with E-state index >= 15 is 4.39 Å². The number of nitriles is 1. The molecule has 5 aliphatic heterocycles. The number of imide groups is 2. The van der Waals surface area contributed by atoms with E-state index in [1.54, 1.807) is 24.3 Å². The van der Waals surface area contributed by atoms with Gasteiger partial charge in [0, 0.05) is 56.7 Å². The molecule has 61 heavy (non-hydrogen) atoms. The van der Waals surface area contributed by atoms with Crippen LogP contribution in [0.25, 0.3) is 0 Å². The molecular weight excluding hydrogens is 805 g/mol. The summed E-state index contributed by atoms with van der Waals surface area (Å²) in [6.07, 6.45) is 7.27. The average Bonchev–Trinajstić information content (AvgIpc) is 3.48. The fraction of sp³-hybridized carbons (Fsp3) is 0.500. The van der Waals surface area contributed by atoms with Gasteiger partial charge in [-0.05, 0) is 113 Å². The van der Waals surface area contributed by atoms with E-state index in [2.05, 4.69) is 30.6 Å². The van der Waals surface area contributed by atoms with Crippen molar-refractivity contribution >= 4 is 52.6 Å². The number of ether oxygens (including phenoxy) is 1. The molecule has 318 valence electrons. The van der Waals surface area contributed by atoms with Gasteiger partial charge < -0.3 is 24.8 Å². The Bertz CT molecular complexity index is 2290. The Morgan fingerprint density at radius 1 is 0.902 bits per heavy atom. The summed E-state index contributed by atoms with van der Waals surface area (Å²) in [5, 5.41) is 23.5. The number of carbonyl (C=O) groups excluding carboxylic acids is 5. The third-order valence-electron chi connectivity index (χ3n) is 13.5. The molecule has 0 radical (unpaired) electrons. The van der Waals surface area contributed by atoms with Crippen molar-refractivity contribution in [2.75, 3.05) is 55.6 Å². The molecule has 1 spiro atoms. The summed E-state index contributed by atoms with van der Waals surface area (Å²) in [6.45, 7) is 6.02. The van der Waals surface area contributed by atoms with Gasteiger partial charge in [0.15, 0.2) is 11.5 Å². The second-order valence-electron chi connectivity index (χ2n) is 17.5. The quantitative estimate of drug-likeness (QED) is 0.289. The maximum atomic E-state index is 15.4. The third kappa shape index (κ3) is 8.25. The van der Waals surface area contributed by atoms with Gasteiger partial charge in [-0.15, -0.1) is 10.2 Å². The second kappa shape index (κ2) is 16.7. The molecule has 1 aromatic heterocycles. The minimum Gasteiger partial charge on any atom is -0.490 e. The summed E-state index contributed by atoms with van der Waals surface area (Å²) in [5.41, 5.74) is 1.11. The number of likely N-dealkylation sites (tertiary alicyclic amines) is 1. The Balaban J connectivity index is 0.692. The van der Waals surface area contributed by atoms with E-state index < -0.39 is 35.5 Å². The topological polar surface area (TPSA) is 181 Å². The van der Waals surface area contributed by atoms with Crippen LogP contribution in [0, 0.1) is 28.5 Å². The van der Waals surface area contributed by atoms with Crippen LogP contribution in [-0.2, 0) is 9.59 Å². The Labute approximate surface area is 357 Å². The predicted molar refractivity (Wildman–Crippen MR) is 221 cm³/mol. The van der Waals surface area contributed by atoms with Gasteiger partial charge in [0.25, 0.3) is 17.7 Å². The first-order valence-electron chi connectivity index (χ1n) is 21.2. The molecule has 15 nitrogen and oxygen atoms in total. The van der Waals surface area contributed by atoms with Crippen LogP contribution in [0.5, 0.6) is 5.75 Å². The number of benzene rings is 2. The van der Waals surface area contributed by atoms with Gasteiger partial charge in [0.1, 0.15) is 23.7 Å². The van der Waals surface area contributed by atoms with E-state index in [0.717, 1.165) is 101 Å². The molecule has 4 saturated heterocycles. The van der Waals surface area contributed by atoms with Crippen molar-refractivity contribution in [3.63, 3.8) is 0 Å². The van der Waals surface area contributed by atoms with Crippen molar-refractivity contribution in [2.24, 2.45) is 11.3 Å². The van der Waals surface area contributed by atoms with Crippen molar-refractivity contribution in [3.8, 4) is 11.8 Å². The Morgan fingerprint density at radius 2 is 1.62 bits per heavy atom. The first kappa shape index (κ1) is 40.7. The number of nitrogens with zero attached hydrogens (tertiary/aromatic N) is 7. The number of hydrogen-bond donors (Lipinski definition) is 2. The molecule has 1 atom stereocenters. The van der Waals surface area contributed by atoms with Gasteiger partial charge in [-0.25, -0.2) is 4.39 Å². The predicted octanol–water partition coefficient (Wildman–Crippen LogP) is 4.48. The summed E-state index contributed by atoms with van der Waals surface area (Å²) in [7, 11) is 0. The van der Waals surface area contributed by atoms with Crippen molar-refractivity contribution in [2.45, 2.75) is 82.4 Å². The number of rotatable bonds is 9. The van der Waals surface area contributed by atoms with Crippen molar-refractivity contribution in [1.29, 1.82) is 5.26 Å². The van der Waals surface area contributed by atoms with Gasteiger partial charge in [-0.2, -0.15) is 5.26 Å². The van der Waals surface area contributed by atoms with Gasteiger partial charge >= 0.3 is 0 Å². The molecule has 1 aliphatic carbocycles. The van der Waals surface area contributed by atoms with E-state index in [9.17, 15) is 24.0 Å². The molecular formula is C44H47ClFN9O6. The van der Waals surface area contributed by atoms with Crippen molar-refractivity contribution < 1.29 is 33.1 Å². The third-order valence-corrected chi connectivity index (χ3v) is 13.8. The highest BCUT2D eigenvalue weighted by Crippen LogP contribution is 2.45. The number of amides is 5. The zero-order chi connectivity index (χ0) is 42.4. The van der Waals surface area contributed by atoms with Crippen LogP contribution in [0.4, 0.5) is 15.9 Å². The number of nitrogens with one attached hydrogen (secondary N) is 2. The van der Waals surface area contributed by atoms with Crippen LogP contribution >= 0.6 is 11.6 Å². The maximum absolute atomic E-state index is 15.4. The maximum Gasteiger partial charge on any atom is 0.272 e. The highest BCUT2D eigenvalue weighted by atomic mass is 35.5. The lowest BCUT2D eigenvalue weighted by atomic mass is 9.71. The first-order chi connectivity index (χ1) is 29.5. The van der Waals surface area contributed by atoms with Crippen LogP contribution < -0.4 is 25.2 Å². The van der Waals surface area contributed by atoms with E-state index in [0.29, 0.717) is 46.7 Å². The summed E-state index contributed by atoms with van der Waals surface area (Å²) in [4.78, 5) is 71.1. The molecule has 2 aromatic carbocycles. The summed E-state index contributed by atoms with van der Waals surface area (Å²) >= 11 is 6.15. The second-order valence-corrected chi connectivity index (χ2v) is 17.9. The summed E-state index contributed by atoms with van der Waals surface area (Å²) < 4.78 is 21.5. The van der Waals surface area contributed by atoms with Gasteiger partial charge in [-0.3, -0.25) is 34.2 Å². The summed E-state index contributed by atoms with van der Waals surface area (Å²) in [5.74, 6) is -1.33. The summed E-state index contributed by atoms with van der Waals surface area (Å²) in [6, 6.07) is 12.2. The SMILES string of the molecule is N#Cc1ccc(OC2CCC(NC(=O)c3ccc(N4CCC(CN5CCC6(CC5)CN(c5cc7c(cc5F)C(=O)N(C5CCC(=O)NC5=O)C7=O)C6)CC4)nn3)CC2)cc1Cl. The standard InChI is InChI=1S/C44H47ClFN9O6/c45-33-19-30(4-1-27(33)22-47)61-29-5-2-28(3-6-29)48-40(57)35-7-9-38(51-50-35)53-15-11-26(12-16-53)23-52-17-13-44(14-18-52)24-54(25-44)37-21-32-31(20-34(37)46)42(59)55(43(32)60)36-8-10-39(56)49-41(36)58/h1,4,7,9,19-21,26,28-29,36H,2-3,5-6,8,10-18,23-25H2,(H,48,57)(H,49,56,58). The first-order valence-corrected chi connectivity index (χ1v) is 21.6. The lowest BCUT2D eigenvalue weighted by Crippen LogP contribution is -2.61. The minimum absolute atomic E-state index is 0.0135. The number of aromatic nitrogens is 2. The minimum atomic E-state index is -1.09. The van der Waals surface area contributed by atoms with Crippen LogP contribution in [0.1, 0.15) is 101 Å². The van der Waals surface area contributed by atoms with Crippen molar-refractivity contribution in [1.82, 2.24) is 30.6 Å². The fourth-order valence-electron chi connectivity index (χ4n) is 9.94. The molecule has 2 N–H and O–H groups in total. The number of carbonyl (C=O) groups is 5. The van der Waals surface area contributed by atoms with E-state index in [4.69, 9.17) is 21.6 Å². The van der Waals surface area contributed by atoms with E-state index in [1.807, 2.05) is 17.0 Å². The molecule has 6 aliphatic rings. The Kier molecular flexibility index (Phi) is 11.1. The van der Waals surface area contributed by atoms with Crippen LogP contribution in [-0.4, -0.2) is 114 Å². The Hall–Kier alpha value is -5.66. The van der Waals surface area contributed by atoms with Gasteiger partial charge in [-0.1, -0.05) is 11.6 Å². The van der Waals surface area contributed by atoms with Crippen molar-refractivity contribution in [3.05, 3.63) is 75.7 Å². The van der Waals surface area contributed by atoms with Crippen LogP contribution in [0.3, 0.4) is 0 Å². The van der Waals surface area contributed by atoms with Gasteiger partial charge in [0.2, 0.25) is 11.8 Å². The van der Waals surface area contributed by atoms with Crippen LogP contribution in [0.2, 0.25) is 5.02 Å². The monoisotopic (exact) mass is 851 g/mol. The lowest BCUT2D eigenvalue weighted by Gasteiger charge is -2.55.